The van der Waals surface area contributed by atoms with Crippen LogP contribution in [-0.2, 0) is 0 Å². The van der Waals surface area contributed by atoms with Gasteiger partial charge in [-0.2, -0.15) is 0 Å². The number of nitrogens with zero attached hydrogens (tertiary/aromatic N) is 2. The molecule has 76 valence electrons. The molecule has 0 aliphatic carbocycles. The molecule has 0 aliphatic heterocycles. The molecule has 0 radical (unpaired) electrons. The summed E-state index contributed by atoms with van der Waals surface area (Å²) in [6.07, 6.45) is 3.22. The average molecular weight is 202 g/mol. The largest absolute Gasteiger partial charge is 0.383 e. The van der Waals surface area contributed by atoms with Gasteiger partial charge >= 0.3 is 0 Å². The summed E-state index contributed by atoms with van der Waals surface area (Å²) in [6, 6.07) is 3.62. The van der Waals surface area contributed by atoms with Crippen molar-refractivity contribution in [3.8, 4) is 0 Å². The summed E-state index contributed by atoms with van der Waals surface area (Å²) in [5, 5.41) is 3.31. The van der Waals surface area contributed by atoms with E-state index in [0.29, 0.717) is 11.1 Å². The van der Waals surface area contributed by atoms with E-state index < -0.39 is 0 Å². The first-order chi connectivity index (χ1) is 7.24. The first-order valence-electron chi connectivity index (χ1n) is 4.45. The normalized spacial score (nSPS) is 10.2. The summed E-state index contributed by atoms with van der Waals surface area (Å²) in [5.74, 6) is -0.0788. The molecule has 2 aromatic heterocycles. The first-order valence-corrected chi connectivity index (χ1v) is 4.45. The van der Waals surface area contributed by atoms with E-state index in [9.17, 15) is 4.79 Å². The van der Waals surface area contributed by atoms with Crippen LogP contribution in [0.5, 0.6) is 0 Å². The first kappa shape index (κ1) is 9.39. The van der Waals surface area contributed by atoms with Gasteiger partial charge in [-0.05, 0) is 12.1 Å². The lowest BCUT2D eigenvalue weighted by Gasteiger charge is -2.06. The number of hydrogen-bond acceptors (Lipinski definition) is 4. The summed E-state index contributed by atoms with van der Waals surface area (Å²) >= 11 is 0. The van der Waals surface area contributed by atoms with Gasteiger partial charge in [0.15, 0.2) is 0 Å². The minimum Gasteiger partial charge on any atom is -0.383 e. The Kier molecular flexibility index (Phi) is 2.21. The second-order valence-corrected chi connectivity index (χ2v) is 3.04. The quantitative estimate of drug-likeness (QED) is 0.708. The van der Waals surface area contributed by atoms with E-state index in [4.69, 9.17) is 5.73 Å². The van der Waals surface area contributed by atoms with Gasteiger partial charge in [0.2, 0.25) is 0 Å². The van der Waals surface area contributed by atoms with Crippen LogP contribution in [0.1, 0.15) is 10.4 Å². The van der Waals surface area contributed by atoms with Crippen LogP contribution < -0.4 is 11.1 Å². The summed E-state index contributed by atoms with van der Waals surface area (Å²) in [6.45, 7) is 0. The lowest BCUT2D eigenvalue weighted by molar-refractivity contribution is 0.0965. The van der Waals surface area contributed by atoms with Crippen LogP contribution in [0.2, 0.25) is 0 Å². The fraction of sp³-hybridized carbons (Fsp3) is 0.100. The summed E-state index contributed by atoms with van der Waals surface area (Å²) < 4.78 is 0. The molecule has 5 heteroatoms. The minimum atomic E-state index is -0.274. The molecule has 2 heterocycles. The Morgan fingerprint density at radius 2 is 2.27 bits per heavy atom. The van der Waals surface area contributed by atoms with Crippen molar-refractivity contribution in [3.05, 3.63) is 30.1 Å². The zero-order chi connectivity index (χ0) is 10.8. The smallest absolute Gasteiger partial charge is 0.257 e. The number of amides is 1. The molecule has 0 atom stereocenters. The van der Waals surface area contributed by atoms with Crippen molar-refractivity contribution in [1.29, 1.82) is 0 Å². The number of pyridine rings is 2. The predicted molar refractivity (Wildman–Crippen MR) is 57.3 cm³/mol. The van der Waals surface area contributed by atoms with Crippen molar-refractivity contribution in [2.24, 2.45) is 0 Å². The minimum absolute atomic E-state index is 0.195. The summed E-state index contributed by atoms with van der Waals surface area (Å²) in [5.41, 5.74) is 6.55. The number of aromatic nitrogens is 2. The van der Waals surface area contributed by atoms with Gasteiger partial charge in [0, 0.05) is 24.8 Å². The molecule has 15 heavy (non-hydrogen) atoms. The van der Waals surface area contributed by atoms with Crippen molar-refractivity contribution in [2.45, 2.75) is 0 Å². The van der Waals surface area contributed by atoms with Crippen molar-refractivity contribution >= 4 is 22.6 Å². The Hall–Kier alpha value is -2.17. The van der Waals surface area contributed by atoms with Gasteiger partial charge in [-0.1, -0.05) is 0 Å². The Balaban J connectivity index is 2.79. The van der Waals surface area contributed by atoms with E-state index in [1.165, 1.54) is 0 Å². The number of carbonyl (C=O) groups is 1. The number of nitrogen functional groups attached to an aromatic ring is 1. The van der Waals surface area contributed by atoms with Crippen LogP contribution in [0.25, 0.3) is 10.9 Å². The summed E-state index contributed by atoms with van der Waals surface area (Å²) in [7, 11) is 1.55. The molecule has 0 fully saturated rings. The zero-order valence-electron chi connectivity index (χ0n) is 8.19. The van der Waals surface area contributed by atoms with E-state index in [0.717, 1.165) is 5.39 Å². The second-order valence-electron chi connectivity index (χ2n) is 3.04. The molecule has 2 aromatic rings. The molecule has 0 saturated carbocycles. The molecule has 3 N–H and O–H groups in total. The van der Waals surface area contributed by atoms with E-state index in [-0.39, 0.29) is 11.7 Å². The molecule has 0 saturated heterocycles. The number of carbonyl (C=O) groups excluding carboxylic acids is 1. The summed E-state index contributed by atoms with van der Waals surface area (Å²) in [4.78, 5) is 19.7. The predicted octanol–water partition coefficient (Wildman–Crippen LogP) is 0.572. The van der Waals surface area contributed by atoms with Gasteiger partial charge in [0.05, 0.1) is 5.52 Å². The Morgan fingerprint density at radius 1 is 1.47 bits per heavy atom. The zero-order valence-corrected chi connectivity index (χ0v) is 8.19. The Morgan fingerprint density at radius 3 is 3.00 bits per heavy atom. The van der Waals surface area contributed by atoms with Crippen LogP contribution >= 0.6 is 0 Å². The third kappa shape index (κ3) is 1.48. The fourth-order valence-corrected chi connectivity index (χ4v) is 1.40. The monoisotopic (exact) mass is 202 g/mol. The van der Waals surface area contributed by atoms with Gasteiger partial charge in [-0.25, -0.2) is 4.98 Å². The Labute approximate surface area is 86.3 Å². The molecule has 1 amide bonds. The fourth-order valence-electron chi connectivity index (χ4n) is 1.40. The highest BCUT2D eigenvalue weighted by Crippen LogP contribution is 2.19. The van der Waals surface area contributed by atoms with Crippen molar-refractivity contribution in [3.63, 3.8) is 0 Å². The van der Waals surface area contributed by atoms with Gasteiger partial charge < -0.3 is 11.1 Å². The van der Waals surface area contributed by atoms with E-state index in [1.54, 1.807) is 25.5 Å². The Bertz CT molecular complexity index is 524. The van der Waals surface area contributed by atoms with Crippen molar-refractivity contribution in [2.75, 3.05) is 12.8 Å². The highest BCUT2D eigenvalue weighted by molar-refractivity contribution is 6.08. The number of rotatable bonds is 1. The molecule has 5 nitrogen and oxygen atoms in total. The maximum atomic E-state index is 11.6. The number of anilines is 1. The van der Waals surface area contributed by atoms with Gasteiger partial charge in [-0.3, -0.25) is 9.78 Å². The van der Waals surface area contributed by atoms with Gasteiger partial charge in [-0.15, -0.1) is 0 Å². The van der Waals surface area contributed by atoms with E-state index >= 15 is 0 Å². The number of fused-ring (bicyclic) bond motifs is 1. The molecule has 0 unspecified atom stereocenters. The topological polar surface area (TPSA) is 80.9 Å². The lowest BCUT2D eigenvalue weighted by atomic mass is 10.1. The van der Waals surface area contributed by atoms with Crippen LogP contribution in [0, 0.1) is 0 Å². The molecular weight excluding hydrogens is 192 g/mol. The number of hydrogen-bond donors (Lipinski definition) is 2. The van der Waals surface area contributed by atoms with Gasteiger partial charge in [0.1, 0.15) is 11.4 Å². The number of nitrogens with two attached hydrogens (primary N) is 1. The van der Waals surface area contributed by atoms with Crippen LogP contribution in [-0.4, -0.2) is 22.9 Å². The van der Waals surface area contributed by atoms with Crippen molar-refractivity contribution < 1.29 is 4.79 Å². The maximum absolute atomic E-state index is 11.6. The highest BCUT2D eigenvalue weighted by Gasteiger charge is 2.14. The standard InChI is InChI=1S/C10H10N4O/c1-12-10(15)7-8-6(3-2-4-13-8)5-14-9(7)11/h2-5H,1H3,(H2,11,14)(H,12,15). The molecule has 0 aliphatic rings. The van der Waals surface area contributed by atoms with E-state index in [1.807, 2.05) is 6.07 Å². The molecule has 0 spiro atoms. The molecular formula is C10H10N4O. The molecule has 2 rings (SSSR count). The van der Waals surface area contributed by atoms with Crippen LogP contribution in [0.3, 0.4) is 0 Å². The molecule has 0 aromatic carbocycles. The number of nitrogens with one attached hydrogen (secondary N) is 1. The maximum Gasteiger partial charge on any atom is 0.257 e. The van der Waals surface area contributed by atoms with Crippen LogP contribution in [0.4, 0.5) is 5.82 Å². The van der Waals surface area contributed by atoms with Gasteiger partial charge in [0.25, 0.3) is 5.91 Å². The third-order valence-electron chi connectivity index (χ3n) is 2.13. The third-order valence-corrected chi connectivity index (χ3v) is 2.13. The lowest BCUT2D eigenvalue weighted by Crippen LogP contribution is -2.20. The van der Waals surface area contributed by atoms with Crippen molar-refractivity contribution in [1.82, 2.24) is 15.3 Å². The van der Waals surface area contributed by atoms with Crippen LogP contribution in [0.15, 0.2) is 24.5 Å². The second kappa shape index (κ2) is 3.53. The SMILES string of the molecule is CNC(=O)c1c(N)ncc2cccnc12. The average Bonchev–Trinajstić information content (AvgIpc) is 2.28. The van der Waals surface area contributed by atoms with E-state index in [2.05, 4.69) is 15.3 Å². The highest BCUT2D eigenvalue weighted by atomic mass is 16.1. The molecule has 0 bridgehead atoms.